The molecule has 3 heteroatoms. The van der Waals surface area contributed by atoms with Crippen molar-refractivity contribution in [1.29, 1.82) is 0 Å². The SMILES string of the molecule is CSc1ccc2n[c]sc2c1. The molecule has 0 aliphatic heterocycles. The zero-order valence-corrected chi connectivity index (χ0v) is 7.63. The number of nitrogens with zero attached hydrogens (tertiary/aromatic N) is 1. The summed E-state index contributed by atoms with van der Waals surface area (Å²) < 4.78 is 1.22. The molecule has 1 aromatic carbocycles. The fourth-order valence-electron chi connectivity index (χ4n) is 0.917. The highest BCUT2D eigenvalue weighted by atomic mass is 32.2. The molecule has 2 aromatic rings. The van der Waals surface area contributed by atoms with Gasteiger partial charge in [0.2, 0.25) is 0 Å². The van der Waals surface area contributed by atoms with Gasteiger partial charge in [-0.25, -0.2) is 4.98 Å². The van der Waals surface area contributed by atoms with Gasteiger partial charge in [-0.1, -0.05) is 0 Å². The topological polar surface area (TPSA) is 12.9 Å². The van der Waals surface area contributed by atoms with Gasteiger partial charge in [0.05, 0.1) is 10.2 Å². The van der Waals surface area contributed by atoms with Gasteiger partial charge in [-0.05, 0) is 24.5 Å². The van der Waals surface area contributed by atoms with Gasteiger partial charge in [0, 0.05) is 4.90 Å². The molecule has 11 heavy (non-hydrogen) atoms. The number of rotatable bonds is 1. The van der Waals surface area contributed by atoms with Crippen LogP contribution in [0.1, 0.15) is 0 Å². The molecule has 1 nitrogen and oxygen atoms in total. The number of thiazole rings is 1. The Balaban J connectivity index is 2.67. The number of hydrogen-bond donors (Lipinski definition) is 0. The largest absolute Gasteiger partial charge is 0.233 e. The minimum atomic E-state index is 1.05. The third-order valence-corrected chi connectivity index (χ3v) is 2.94. The Morgan fingerprint density at radius 3 is 3.27 bits per heavy atom. The highest BCUT2D eigenvalue weighted by Gasteiger charge is 1.96. The van der Waals surface area contributed by atoms with Crippen molar-refractivity contribution in [3.63, 3.8) is 0 Å². The maximum absolute atomic E-state index is 4.08. The summed E-state index contributed by atoms with van der Waals surface area (Å²) in [7, 11) is 0. The molecule has 0 atom stereocenters. The Morgan fingerprint density at radius 1 is 1.55 bits per heavy atom. The highest BCUT2D eigenvalue weighted by molar-refractivity contribution is 7.98. The second-order valence-electron chi connectivity index (χ2n) is 2.14. The van der Waals surface area contributed by atoms with Gasteiger partial charge < -0.3 is 0 Å². The zero-order chi connectivity index (χ0) is 7.68. The standard InChI is InChI=1S/C8H6NS2/c1-10-6-2-3-7-8(4-6)11-5-9-7/h2-4H,1H3. The van der Waals surface area contributed by atoms with E-state index in [-0.39, 0.29) is 0 Å². The number of fused-ring (bicyclic) bond motifs is 1. The summed E-state index contributed by atoms with van der Waals surface area (Å²) in [6.45, 7) is 0. The molecule has 55 valence electrons. The second kappa shape index (κ2) is 2.83. The van der Waals surface area contributed by atoms with E-state index in [1.807, 2.05) is 6.07 Å². The Hall–Kier alpha value is -0.540. The first-order chi connectivity index (χ1) is 5.40. The van der Waals surface area contributed by atoms with Crippen LogP contribution in [0.4, 0.5) is 0 Å². The van der Waals surface area contributed by atoms with E-state index in [0.29, 0.717) is 0 Å². The fourth-order valence-corrected chi connectivity index (χ4v) is 2.08. The molecule has 0 bridgehead atoms. The van der Waals surface area contributed by atoms with E-state index in [2.05, 4.69) is 28.9 Å². The molecule has 0 spiro atoms. The van der Waals surface area contributed by atoms with E-state index in [0.717, 1.165) is 5.52 Å². The van der Waals surface area contributed by atoms with Crippen molar-refractivity contribution in [3.05, 3.63) is 23.7 Å². The average Bonchev–Trinajstić information content (AvgIpc) is 2.50. The van der Waals surface area contributed by atoms with Crippen LogP contribution in [0.5, 0.6) is 0 Å². The smallest absolute Gasteiger partial charge is 0.153 e. The van der Waals surface area contributed by atoms with Gasteiger partial charge in [-0.2, -0.15) is 0 Å². The van der Waals surface area contributed by atoms with Crippen LogP contribution in [0, 0.1) is 5.51 Å². The first-order valence-electron chi connectivity index (χ1n) is 3.21. The molecule has 0 amide bonds. The van der Waals surface area contributed by atoms with Gasteiger partial charge in [0.25, 0.3) is 0 Å². The fraction of sp³-hybridized carbons (Fsp3) is 0.125. The molecule has 0 fully saturated rings. The lowest BCUT2D eigenvalue weighted by atomic mass is 10.3. The Kier molecular flexibility index (Phi) is 1.84. The molecule has 1 heterocycles. The maximum atomic E-state index is 4.08. The quantitative estimate of drug-likeness (QED) is 0.626. The summed E-state index contributed by atoms with van der Waals surface area (Å²) in [6, 6.07) is 6.27. The minimum absolute atomic E-state index is 1.05. The van der Waals surface area contributed by atoms with Gasteiger partial charge in [0.1, 0.15) is 0 Å². The van der Waals surface area contributed by atoms with Crippen LogP contribution in [0.25, 0.3) is 10.2 Å². The van der Waals surface area contributed by atoms with Crippen LogP contribution < -0.4 is 0 Å². The number of thioether (sulfide) groups is 1. The minimum Gasteiger partial charge on any atom is -0.233 e. The summed E-state index contributed by atoms with van der Waals surface area (Å²) >= 11 is 3.32. The van der Waals surface area contributed by atoms with Crippen molar-refractivity contribution >= 4 is 33.3 Å². The van der Waals surface area contributed by atoms with E-state index >= 15 is 0 Å². The second-order valence-corrected chi connectivity index (χ2v) is 3.84. The van der Waals surface area contributed by atoms with Crippen molar-refractivity contribution in [2.75, 3.05) is 6.26 Å². The van der Waals surface area contributed by atoms with Crippen LogP contribution in [0.3, 0.4) is 0 Å². The van der Waals surface area contributed by atoms with Crippen molar-refractivity contribution in [1.82, 2.24) is 4.98 Å². The lowest BCUT2D eigenvalue weighted by Crippen LogP contribution is -1.68. The lowest BCUT2D eigenvalue weighted by Gasteiger charge is -1.92. The van der Waals surface area contributed by atoms with Gasteiger partial charge in [-0.3, -0.25) is 0 Å². The van der Waals surface area contributed by atoms with Crippen molar-refractivity contribution < 1.29 is 0 Å². The predicted molar refractivity (Wildman–Crippen MR) is 50.2 cm³/mol. The van der Waals surface area contributed by atoms with Crippen molar-refractivity contribution in [2.45, 2.75) is 4.90 Å². The van der Waals surface area contributed by atoms with E-state index in [1.165, 1.54) is 9.60 Å². The average molecular weight is 180 g/mol. The van der Waals surface area contributed by atoms with Gasteiger partial charge in [0.15, 0.2) is 5.51 Å². The van der Waals surface area contributed by atoms with Crippen LogP contribution in [-0.4, -0.2) is 11.2 Å². The van der Waals surface area contributed by atoms with E-state index < -0.39 is 0 Å². The molecule has 1 radical (unpaired) electrons. The van der Waals surface area contributed by atoms with Crippen LogP contribution in [0.15, 0.2) is 23.1 Å². The van der Waals surface area contributed by atoms with Crippen molar-refractivity contribution in [3.8, 4) is 0 Å². The molecule has 0 N–H and O–H groups in total. The summed E-state index contributed by atoms with van der Waals surface area (Å²) in [5.74, 6) is 0. The number of hydrogen-bond acceptors (Lipinski definition) is 3. The zero-order valence-electron chi connectivity index (χ0n) is 6.00. The summed E-state index contributed by atoms with van der Waals surface area (Å²) in [6.07, 6.45) is 2.08. The number of aromatic nitrogens is 1. The third kappa shape index (κ3) is 1.26. The normalized spacial score (nSPS) is 10.6. The van der Waals surface area contributed by atoms with Crippen LogP contribution >= 0.6 is 23.1 Å². The molecule has 2 rings (SSSR count). The molecule has 0 unspecified atom stereocenters. The van der Waals surface area contributed by atoms with Gasteiger partial charge >= 0.3 is 0 Å². The van der Waals surface area contributed by atoms with Crippen molar-refractivity contribution in [2.24, 2.45) is 0 Å². The highest BCUT2D eigenvalue weighted by Crippen LogP contribution is 2.23. The third-order valence-electron chi connectivity index (χ3n) is 1.49. The molecular formula is C8H6NS2. The molecule has 0 saturated carbocycles. The predicted octanol–water partition coefficient (Wildman–Crippen LogP) is 2.82. The summed E-state index contributed by atoms with van der Waals surface area (Å²) in [4.78, 5) is 5.37. The Morgan fingerprint density at radius 2 is 2.45 bits per heavy atom. The Labute approximate surface area is 73.5 Å². The van der Waals surface area contributed by atoms with E-state index in [9.17, 15) is 0 Å². The molecule has 0 aliphatic rings. The monoisotopic (exact) mass is 180 g/mol. The van der Waals surface area contributed by atoms with Crippen LogP contribution in [-0.2, 0) is 0 Å². The summed E-state index contributed by atoms with van der Waals surface area (Å²) in [5.41, 5.74) is 3.92. The number of benzene rings is 1. The Bertz CT molecular complexity index is 367. The first kappa shape index (κ1) is 7.13. The van der Waals surface area contributed by atoms with Crippen LogP contribution in [0.2, 0.25) is 0 Å². The molecule has 0 saturated heterocycles. The van der Waals surface area contributed by atoms with E-state index in [4.69, 9.17) is 0 Å². The first-order valence-corrected chi connectivity index (χ1v) is 5.25. The summed E-state index contributed by atoms with van der Waals surface area (Å²) in [5, 5.41) is 0. The molecule has 0 aliphatic carbocycles. The van der Waals surface area contributed by atoms with E-state index in [1.54, 1.807) is 23.1 Å². The maximum Gasteiger partial charge on any atom is 0.153 e. The van der Waals surface area contributed by atoms with Gasteiger partial charge in [-0.15, -0.1) is 23.1 Å². The lowest BCUT2D eigenvalue weighted by molar-refractivity contribution is 1.45. The molecule has 1 aromatic heterocycles. The molecular weight excluding hydrogens is 174 g/mol.